The van der Waals surface area contributed by atoms with E-state index in [1.807, 2.05) is 0 Å². The van der Waals surface area contributed by atoms with Crippen LogP contribution in [0.2, 0.25) is 5.02 Å². The molecule has 1 atom stereocenters. The average Bonchev–Trinajstić information content (AvgIpc) is 2.78. The van der Waals surface area contributed by atoms with E-state index in [2.05, 4.69) is 27.8 Å². The highest BCUT2D eigenvalue weighted by molar-refractivity contribution is 6.33. The zero-order chi connectivity index (χ0) is 24.1. The number of carbonyl (C=O) groups is 2. The van der Waals surface area contributed by atoms with Crippen LogP contribution in [0, 0.1) is 12.8 Å². The van der Waals surface area contributed by atoms with Crippen molar-refractivity contribution in [3.05, 3.63) is 51.9 Å². The van der Waals surface area contributed by atoms with Gasteiger partial charge in [0.15, 0.2) is 0 Å². The number of pyridine rings is 2. The van der Waals surface area contributed by atoms with E-state index in [1.54, 1.807) is 6.92 Å². The van der Waals surface area contributed by atoms with Crippen LogP contribution < -0.4 is 10.6 Å². The number of nitrogens with zero attached hydrogens (tertiary/aromatic N) is 2. The largest absolute Gasteiger partial charge is 0.480 e. The van der Waals surface area contributed by atoms with Gasteiger partial charge in [0, 0.05) is 37.7 Å². The third kappa shape index (κ3) is 6.04. The van der Waals surface area contributed by atoms with E-state index in [9.17, 15) is 14.7 Å². The van der Waals surface area contributed by atoms with Crippen molar-refractivity contribution in [2.75, 3.05) is 18.5 Å². The Balaban J connectivity index is 1.17. The van der Waals surface area contributed by atoms with Crippen LogP contribution in [0.5, 0.6) is 0 Å². The molecule has 0 unspecified atom stereocenters. The normalized spacial score (nSPS) is 19.9. The fourth-order valence-corrected chi connectivity index (χ4v) is 4.86. The number of aliphatic carboxylic acids is 1. The summed E-state index contributed by atoms with van der Waals surface area (Å²) in [6, 6.07) is 3.29. The van der Waals surface area contributed by atoms with Gasteiger partial charge in [0.1, 0.15) is 11.9 Å². The predicted octanol–water partition coefficient (Wildman–Crippen LogP) is 3.80. The minimum atomic E-state index is -1.10. The highest BCUT2D eigenvalue weighted by atomic mass is 35.5. The van der Waals surface area contributed by atoms with Gasteiger partial charge in [-0.15, -0.1) is 0 Å². The second-order valence-electron chi connectivity index (χ2n) is 9.18. The summed E-state index contributed by atoms with van der Waals surface area (Å²) in [5.41, 5.74) is 3.27. The molecule has 2 aromatic heterocycles. The first-order valence-electron chi connectivity index (χ1n) is 11.9. The molecular formula is C25H31ClN4O4. The van der Waals surface area contributed by atoms with Crippen LogP contribution in [0.3, 0.4) is 0 Å². The van der Waals surface area contributed by atoms with E-state index >= 15 is 0 Å². The predicted molar refractivity (Wildman–Crippen MR) is 129 cm³/mol. The molecular weight excluding hydrogens is 456 g/mol. The molecule has 8 nitrogen and oxygen atoms in total. The highest BCUT2D eigenvalue weighted by Crippen LogP contribution is 2.34. The lowest BCUT2D eigenvalue weighted by Crippen LogP contribution is -2.42. The maximum Gasteiger partial charge on any atom is 0.326 e. The molecule has 9 heteroatoms. The lowest BCUT2D eigenvalue weighted by atomic mass is 9.79. The number of halogens is 1. The molecule has 0 saturated heterocycles. The molecule has 2 aromatic rings. The summed E-state index contributed by atoms with van der Waals surface area (Å²) in [6.45, 7) is 2.97. The van der Waals surface area contributed by atoms with E-state index in [0.717, 1.165) is 56.6 Å². The number of ether oxygens (including phenoxy) is 1. The van der Waals surface area contributed by atoms with Gasteiger partial charge < -0.3 is 20.5 Å². The summed E-state index contributed by atoms with van der Waals surface area (Å²) in [4.78, 5) is 32.9. The Labute approximate surface area is 204 Å². The second kappa shape index (κ2) is 11.1. The minimum Gasteiger partial charge on any atom is -0.480 e. The van der Waals surface area contributed by atoms with E-state index in [-0.39, 0.29) is 29.7 Å². The van der Waals surface area contributed by atoms with Crippen molar-refractivity contribution in [3.8, 4) is 0 Å². The van der Waals surface area contributed by atoms with Gasteiger partial charge in [-0.1, -0.05) is 17.7 Å². The van der Waals surface area contributed by atoms with E-state index < -0.39 is 17.9 Å². The smallest absolute Gasteiger partial charge is 0.326 e. The summed E-state index contributed by atoms with van der Waals surface area (Å²) in [6.07, 6.45) is 9.46. The van der Waals surface area contributed by atoms with E-state index in [1.165, 1.54) is 18.0 Å². The third-order valence-electron chi connectivity index (χ3n) is 6.63. The topological polar surface area (TPSA) is 113 Å². The van der Waals surface area contributed by atoms with Crippen molar-refractivity contribution in [2.45, 2.75) is 64.0 Å². The Bertz CT molecular complexity index is 1020. The molecule has 3 N–H and O–H groups in total. The third-order valence-corrected chi connectivity index (χ3v) is 6.92. The highest BCUT2D eigenvalue weighted by Gasteiger charge is 2.30. The fourth-order valence-electron chi connectivity index (χ4n) is 4.57. The number of carboxylic acids is 1. The van der Waals surface area contributed by atoms with Crippen LogP contribution in [0.15, 0.2) is 24.5 Å². The molecule has 2 aliphatic rings. The number of carbonyl (C=O) groups excluding carboxylic acids is 1. The number of hydrogen-bond acceptors (Lipinski definition) is 6. The van der Waals surface area contributed by atoms with Gasteiger partial charge in [0.05, 0.1) is 16.7 Å². The van der Waals surface area contributed by atoms with Gasteiger partial charge in [0.2, 0.25) is 0 Å². The molecule has 0 radical (unpaired) electrons. The molecule has 3 heterocycles. The number of rotatable bonds is 10. The Morgan fingerprint density at radius 3 is 2.91 bits per heavy atom. The molecule has 1 amide bonds. The van der Waals surface area contributed by atoms with Crippen molar-refractivity contribution < 1.29 is 19.4 Å². The minimum absolute atomic E-state index is 0.144. The molecule has 34 heavy (non-hydrogen) atoms. The maximum atomic E-state index is 12.5. The van der Waals surface area contributed by atoms with Crippen molar-refractivity contribution in [2.24, 2.45) is 5.92 Å². The van der Waals surface area contributed by atoms with Crippen LogP contribution in [0.25, 0.3) is 0 Å². The molecule has 1 aliphatic carbocycles. The van der Waals surface area contributed by atoms with Crippen LogP contribution >= 0.6 is 11.6 Å². The number of hydrogen-bond donors (Lipinski definition) is 3. The Morgan fingerprint density at radius 2 is 2.15 bits per heavy atom. The van der Waals surface area contributed by atoms with Gasteiger partial charge >= 0.3 is 5.97 Å². The van der Waals surface area contributed by atoms with Gasteiger partial charge in [0.25, 0.3) is 5.91 Å². The molecule has 1 aliphatic heterocycles. The molecule has 4 rings (SSSR count). The van der Waals surface area contributed by atoms with Crippen molar-refractivity contribution in [1.29, 1.82) is 0 Å². The average molecular weight is 487 g/mol. The summed E-state index contributed by atoms with van der Waals surface area (Å²) < 4.78 is 5.87. The second-order valence-corrected chi connectivity index (χ2v) is 9.58. The summed E-state index contributed by atoms with van der Waals surface area (Å²) in [5, 5.41) is 15.6. The SMILES string of the molecule is Cc1cncc(Cl)c1C(=O)N[C@H](CCOC1CC(CCc2ccc3c(n2)NCCC3)C1)C(=O)O. The lowest BCUT2D eigenvalue weighted by Gasteiger charge is -2.35. The standard InChI is InChI=1S/C25H31ClN4O4/c1-15-13-27-14-20(26)22(15)24(31)30-21(25(32)33)8-10-34-19-11-16(12-19)4-6-18-7-5-17-3-2-9-28-23(17)29-18/h5,7,13-14,16,19,21H,2-4,6,8-12H2,1H3,(H,28,29)(H,30,31)(H,32,33)/t16?,19?,21-/m1/s1. The van der Waals surface area contributed by atoms with E-state index in [0.29, 0.717) is 11.5 Å². The van der Waals surface area contributed by atoms with Crippen LogP contribution in [0.1, 0.15) is 59.3 Å². The maximum absolute atomic E-state index is 12.5. The first kappa shape index (κ1) is 24.4. The molecule has 1 saturated carbocycles. The number of anilines is 1. The monoisotopic (exact) mass is 486 g/mol. The molecule has 0 spiro atoms. The molecule has 0 aromatic carbocycles. The lowest BCUT2D eigenvalue weighted by molar-refractivity contribution is -0.140. The number of fused-ring (bicyclic) bond motifs is 1. The number of carboxylic acid groups (broad SMARTS) is 1. The number of amides is 1. The molecule has 182 valence electrons. The first-order chi connectivity index (χ1) is 16.4. The molecule has 1 fully saturated rings. The number of nitrogens with one attached hydrogen (secondary N) is 2. The van der Waals surface area contributed by atoms with Gasteiger partial charge in [-0.3, -0.25) is 9.78 Å². The number of aryl methyl sites for hydroxylation is 3. The van der Waals surface area contributed by atoms with Crippen molar-refractivity contribution >= 4 is 29.3 Å². The summed E-state index contributed by atoms with van der Waals surface area (Å²) in [7, 11) is 0. The summed E-state index contributed by atoms with van der Waals surface area (Å²) >= 11 is 6.07. The fraction of sp³-hybridized carbons (Fsp3) is 0.520. The quantitative estimate of drug-likeness (QED) is 0.468. The van der Waals surface area contributed by atoms with Crippen LogP contribution in [-0.4, -0.2) is 52.2 Å². The summed E-state index contributed by atoms with van der Waals surface area (Å²) in [5.74, 6) is 0.0212. The Kier molecular flexibility index (Phi) is 8.00. The van der Waals surface area contributed by atoms with Crippen molar-refractivity contribution in [3.63, 3.8) is 0 Å². The number of aromatic nitrogens is 2. The van der Waals surface area contributed by atoms with Gasteiger partial charge in [-0.2, -0.15) is 0 Å². The first-order valence-corrected chi connectivity index (χ1v) is 12.3. The van der Waals surface area contributed by atoms with E-state index in [4.69, 9.17) is 21.3 Å². The van der Waals surface area contributed by atoms with Gasteiger partial charge in [-0.05, 0) is 68.6 Å². The zero-order valence-corrected chi connectivity index (χ0v) is 20.1. The Hall–Kier alpha value is -2.71. The van der Waals surface area contributed by atoms with Crippen LogP contribution in [-0.2, 0) is 22.4 Å². The van der Waals surface area contributed by atoms with Crippen LogP contribution in [0.4, 0.5) is 5.82 Å². The Morgan fingerprint density at radius 1 is 1.32 bits per heavy atom. The molecule has 0 bridgehead atoms. The van der Waals surface area contributed by atoms with Gasteiger partial charge in [-0.25, -0.2) is 9.78 Å². The zero-order valence-electron chi connectivity index (χ0n) is 19.3. The van der Waals surface area contributed by atoms with Crippen molar-refractivity contribution in [1.82, 2.24) is 15.3 Å².